The van der Waals surface area contributed by atoms with Crippen molar-refractivity contribution in [2.24, 2.45) is 0 Å². The number of rotatable bonds is 6. The van der Waals surface area contributed by atoms with Gasteiger partial charge in [0.15, 0.2) is 6.10 Å². The standard InChI is InChI=1S/C22H28N2O3S/c1-14(2)18-12-11-17(13-15(18)3)27-16(4)21(25)23-19-9-7-8-10-20(19)28-22(26)24(5)6/h7-14,16H,1-6H3,(H,23,25). The summed E-state index contributed by atoms with van der Waals surface area (Å²) in [5.41, 5.74) is 3.00. The van der Waals surface area contributed by atoms with E-state index in [2.05, 4.69) is 19.2 Å². The second-order valence-electron chi connectivity index (χ2n) is 7.18. The van der Waals surface area contributed by atoms with Gasteiger partial charge in [-0.3, -0.25) is 9.59 Å². The van der Waals surface area contributed by atoms with Crippen LogP contribution < -0.4 is 10.1 Å². The Labute approximate surface area is 171 Å². The smallest absolute Gasteiger partial charge is 0.286 e. The molecule has 0 spiro atoms. The van der Waals surface area contributed by atoms with Crippen molar-refractivity contribution in [3.8, 4) is 5.75 Å². The fourth-order valence-corrected chi connectivity index (χ4v) is 3.45. The molecule has 0 aromatic heterocycles. The maximum atomic E-state index is 12.6. The largest absolute Gasteiger partial charge is 0.481 e. The molecule has 1 N–H and O–H groups in total. The Morgan fingerprint density at radius 3 is 2.36 bits per heavy atom. The molecule has 6 heteroatoms. The van der Waals surface area contributed by atoms with Crippen LogP contribution >= 0.6 is 11.8 Å². The minimum Gasteiger partial charge on any atom is -0.481 e. The van der Waals surface area contributed by atoms with E-state index in [9.17, 15) is 9.59 Å². The number of carbonyl (C=O) groups is 2. The van der Waals surface area contributed by atoms with Crippen molar-refractivity contribution in [1.82, 2.24) is 4.90 Å². The number of hydrogen-bond donors (Lipinski definition) is 1. The molecular formula is C22H28N2O3S. The SMILES string of the molecule is Cc1cc(OC(C)C(=O)Nc2ccccc2SC(=O)N(C)C)ccc1C(C)C. The molecule has 0 heterocycles. The highest BCUT2D eigenvalue weighted by Gasteiger charge is 2.18. The molecule has 0 aliphatic carbocycles. The van der Waals surface area contributed by atoms with E-state index in [1.807, 2.05) is 37.3 Å². The minimum absolute atomic E-state index is 0.105. The number of aryl methyl sites for hydroxylation is 1. The molecule has 2 rings (SSSR count). The van der Waals surface area contributed by atoms with Crippen LogP contribution in [0.3, 0.4) is 0 Å². The zero-order valence-corrected chi connectivity index (χ0v) is 18.1. The highest BCUT2D eigenvalue weighted by atomic mass is 32.2. The van der Waals surface area contributed by atoms with Crippen molar-refractivity contribution in [2.45, 2.75) is 44.6 Å². The fourth-order valence-electron chi connectivity index (χ4n) is 2.71. The van der Waals surface area contributed by atoms with Gasteiger partial charge in [0.1, 0.15) is 5.75 Å². The van der Waals surface area contributed by atoms with Gasteiger partial charge in [-0.05, 0) is 66.9 Å². The number of ether oxygens (including phenoxy) is 1. The molecule has 1 unspecified atom stereocenters. The molecule has 2 aromatic carbocycles. The molecule has 0 aliphatic rings. The first-order valence-electron chi connectivity index (χ1n) is 9.25. The summed E-state index contributed by atoms with van der Waals surface area (Å²) in [4.78, 5) is 26.8. The molecule has 2 aromatic rings. The number of thioether (sulfide) groups is 1. The highest BCUT2D eigenvalue weighted by molar-refractivity contribution is 8.13. The van der Waals surface area contributed by atoms with E-state index in [0.717, 1.165) is 17.3 Å². The quantitative estimate of drug-likeness (QED) is 0.669. The number of amides is 2. The molecule has 0 radical (unpaired) electrons. The minimum atomic E-state index is -0.674. The summed E-state index contributed by atoms with van der Waals surface area (Å²) in [5, 5.41) is 2.76. The van der Waals surface area contributed by atoms with Gasteiger partial charge in [0.05, 0.1) is 5.69 Å². The summed E-state index contributed by atoms with van der Waals surface area (Å²) in [6.45, 7) is 8.05. The predicted molar refractivity (Wildman–Crippen MR) is 115 cm³/mol. The van der Waals surface area contributed by atoms with Gasteiger partial charge >= 0.3 is 0 Å². The molecular weight excluding hydrogens is 372 g/mol. The Balaban J connectivity index is 2.07. The van der Waals surface area contributed by atoms with Gasteiger partial charge in [0.25, 0.3) is 11.1 Å². The van der Waals surface area contributed by atoms with Crippen LogP contribution in [-0.2, 0) is 4.79 Å². The van der Waals surface area contributed by atoms with Crippen molar-refractivity contribution >= 4 is 28.6 Å². The van der Waals surface area contributed by atoms with E-state index in [1.165, 1.54) is 10.5 Å². The summed E-state index contributed by atoms with van der Waals surface area (Å²) in [7, 11) is 3.39. The lowest BCUT2D eigenvalue weighted by Crippen LogP contribution is -2.30. The summed E-state index contributed by atoms with van der Waals surface area (Å²) < 4.78 is 5.83. The molecule has 0 saturated heterocycles. The first-order chi connectivity index (χ1) is 13.2. The molecule has 28 heavy (non-hydrogen) atoms. The molecule has 5 nitrogen and oxygen atoms in total. The van der Waals surface area contributed by atoms with Crippen LogP contribution in [-0.4, -0.2) is 36.2 Å². The van der Waals surface area contributed by atoms with Gasteiger partial charge in [-0.15, -0.1) is 0 Å². The van der Waals surface area contributed by atoms with Crippen molar-refractivity contribution in [3.63, 3.8) is 0 Å². The third-order valence-corrected chi connectivity index (χ3v) is 5.37. The first kappa shape index (κ1) is 21.8. The molecule has 0 aliphatic heterocycles. The molecule has 150 valence electrons. The van der Waals surface area contributed by atoms with Crippen LogP contribution in [0.2, 0.25) is 0 Å². The van der Waals surface area contributed by atoms with Crippen molar-refractivity contribution in [2.75, 3.05) is 19.4 Å². The normalized spacial score (nSPS) is 11.8. The highest BCUT2D eigenvalue weighted by Crippen LogP contribution is 2.29. The number of benzene rings is 2. The van der Waals surface area contributed by atoms with Gasteiger partial charge in [-0.2, -0.15) is 0 Å². The van der Waals surface area contributed by atoms with E-state index in [1.54, 1.807) is 33.2 Å². The zero-order chi connectivity index (χ0) is 20.8. The van der Waals surface area contributed by atoms with Crippen molar-refractivity contribution in [3.05, 3.63) is 53.6 Å². The van der Waals surface area contributed by atoms with E-state index in [4.69, 9.17) is 4.74 Å². The van der Waals surface area contributed by atoms with E-state index < -0.39 is 6.10 Å². The molecule has 1 atom stereocenters. The number of para-hydroxylation sites is 1. The van der Waals surface area contributed by atoms with E-state index in [0.29, 0.717) is 22.3 Å². The Kier molecular flexibility index (Phi) is 7.52. The van der Waals surface area contributed by atoms with Crippen LogP contribution in [0.25, 0.3) is 0 Å². The van der Waals surface area contributed by atoms with Crippen molar-refractivity contribution in [1.29, 1.82) is 0 Å². The molecule has 2 amide bonds. The summed E-state index contributed by atoms with van der Waals surface area (Å²) >= 11 is 1.07. The average Bonchev–Trinajstić information content (AvgIpc) is 2.62. The number of anilines is 1. The van der Waals surface area contributed by atoms with Crippen LogP contribution in [0.5, 0.6) is 5.75 Å². The average molecular weight is 401 g/mol. The topological polar surface area (TPSA) is 58.6 Å². The van der Waals surface area contributed by atoms with Crippen LogP contribution in [0.1, 0.15) is 37.8 Å². The zero-order valence-electron chi connectivity index (χ0n) is 17.3. The number of nitrogens with zero attached hydrogens (tertiary/aromatic N) is 1. The number of hydrogen-bond acceptors (Lipinski definition) is 4. The lowest BCUT2D eigenvalue weighted by molar-refractivity contribution is -0.122. The summed E-state index contributed by atoms with van der Waals surface area (Å²) in [6.07, 6.45) is -0.674. The lowest BCUT2D eigenvalue weighted by atomic mass is 9.98. The third-order valence-electron chi connectivity index (χ3n) is 4.25. The van der Waals surface area contributed by atoms with E-state index in [-0.39, 0.29) is 11.1 Å². The van der Waals surface area contributed by atoms with Gasteiger partial charge in [-0.1, -0.05) is 32.0 Å². The van der Waals surface area contributed by atoms with Gasteiger partial charge in [-0.25, -0.2) is 0 Å². The monoisotopic (exact) mass is 400 g/mol. The Bertz CT molecular complexity index is 849. The second kappa shape index (κ2) is 9.64. The third kappa shape index (κ3) is 5.76. The van der Waals surface area contributed by atoms with Gasteiger partial charge in [0, 0.05) is 19.0 Å². The van der Waals surface area contributed by atoms with Crippen LogP contribution in [0.15, 0.2) is 47.4 Å². The van der Waals surface area contributed by atoms with Gasteiger partial charge < -0.3 is 15.0 Å². The molecule has 0 bridgehead atoms. The molecule has 0 saturated carbocycles. The first-order valence-corrected chi connectivity index (χ1v) is 10.1. The lowest BCUT2D eigenvalue weighted by Gasteiger charge is -2.18. The number of nitrogens with one attached hydrogen (secondary N) is 1. The fraction of sp³-hybridized carbons (Fsp3) is 0.364. The van der Waals surface area contributed by atoms with Crippen LogP contribution in [0.4, 0.5) is 10.5 Å². The summed E-state index contributed by atoms with van der Waals surface area (Å²) in [6, 6.07) is 13.1. The second-order valence-corrected chi connectivity index (χ2v) is 8.17. The maximum Gasteiger partial charge on any atom is 0.286 e. The Hall–Kier alpha value is -2.47. The van der Waals surface area contributed by atoms with Gasteiger partial charge in [0.2, 0.25) is 0 Å². The van der Waals surface area contributed by atoms with Crippen molar-refractivity contribution < 1.29 is 14.3 Å². The Morgan fingerprint density at radius 2 is 1.75 bits per heavy atom. The number of carbonyl (C=O) groups excluding carboxylic acids is 2. The maximum absolute atomic E-state index is 12.6. The molecule has 0 fully saturated rings. The van der Waals surface area contributed by atoms with E-state index >= 15 is 0 Å². The predicted octanol–water partition coefficient (Wildman–Crippen LogP) is 5.30. The van der Waals surface area contributed by atoms with Crippen LogP contribution in [0, 0.1) is 6.92 Å². The Morgan fingerprint density at radius 1 is 1.07 bits per heavy atom. The summed E-state index contributed by atoms with van der Waals surface area (Å²) in [5.74, 6) is 0.833.